The van der Waals surface area contributed by atoms with Crippen LogP contribution in [-0.2, 0) is 10.0 Å². The smallest absolute Gasteiger partial charge is 0.406 e. The molecular weight excluding hydrogens is 459 g/mol. The molecule has 3 aromatic rings. The zero-order chi connectivity index (χ0) is 23.8. The van der Waals surface area contributed by atoms with E-state index in [1.807, 2.05) is 18.2 Å². The summed E-state index contributed by atoms with van der Waals surface area (Å²) in [6.07, 6.45) is -3.22. The number of rotatable bonds is 4. The Bertz CT molecular complexity index is 1280. The van der Waals surface area contributed by atoms with Gasteiger partial charge in [0, 0.05) is 42.8 Å². The van der Waals surface area contributed by atoms with Crippen molar-refractivity contribution in [3.63, 3.8) is 0 Å². The first-order valence-electron chi connectivity index (χ1n) is 10.1. The van der Waals surface area contributed by atoms with Gasteiger partial charge in [-0.25, -0.2) is 8.42 Å². The van der Waals surface area contributed by atoms with Crippen molar-refractivity contribution in [3.8, 4) is 5.75 Å². The largest absolute Gasteiger partial charge is 0.573 e. The van der Waals surface area contributed by atoms with Gasteiger partial charge in [-0.05, 0) is 49.4 Å². The van der Waals surface area contributed by atoms with Crippen LogP contribution in [0.5, 0.6) is 5.75 Å². The standard InChI is InChI=1S/C22H20F3N3O4S/c1-15-14-27(33(30,31)19-8-6-18(7-9-19)32-22(23,24)25)11-12-28(15)21(29)17-5-4-16-3-2-10-26-20(16)13-17/h2-10,13,15H,11-12,14H2,1H3. The Labute approximate surface area is 188 Å². The molecule has 0 spiro atoms. The fourth-order valence-electron chi connectivity index (χ4n) is 3.77. The SMILES string of the molecule is CC1CN(S(=O)(=O)c2ccc(OC(F)(F)F)cc2)CCN1C(=O)c1ccc2cccnc2c1. The van der Waals surface area contributed by atoms with Crippen molar-refractivity contribution in [3.05, 3.63) is 66.4 Å². The number of aromatic nitrogens is 1. The Balaban J connectivity index is 1.47. The van der Waals surface area contributed by atoms with E-state index in [2.05, 4.69) is 9.72 Å². The number of pyridine rings is 1. The number of nitrogens with zero attached hydrogens (tertiary/aromatic N) is 3. The van der Waals surface area contributed by atoms with E-state index in [-0.39, 0.29) is 30.4 Å². The van der Waals surface area contributed by atoms with Crippen LogP contribution in [0.25, 0.3) is 10.9 Å². The molecule has 0 radical (unpaired) electrons. The number of carbonyl (C=O) groups excluding carboxylic acids is 1. The summed E-state index contributed by atoms with van der Waals surface area (Å²) in [5.41, 5.74) is 1.15. The topological polar surface area (TPSA) is 79.8 Å². The first-order chi connectivity index (χ1) is 15.5. The van der Waals surface area contributed by atoms with E-state index in [0.717, 1.165) is 29.7 Å². The second kappa shape index (κ2) is 8.64. The number of hydrogen-bond acceptors (Lipinski definition) is 5. The van der Waals surface area contributed by atoms with Crippen molar-refractivity contribution < 1.29 is 31.1 Å². The van der Waals surface area contributed by atoms with Crippen molar-refractivity contribution in [2.45, 2.75) is 24.2 Å². The highest BCUT2D eigenvalue weighted by molar-refractivity contribution is 7.89. The van der Waals surface area contributed by atoms with Gasteiger partial charge in [-0.3, -0.25) is 9.78 Å². The van der Waals surface area contributed by atoms with E-state index < -0.39 is 28.2 Å². The first kappa shape index (κ1) is 23.0. The lowest BCUT2D eigenvalue weighted by atomic mass is 10.1. The predicted octanol–water partition coefficient (Wildman–Crippen LogP) is 3.67. The first-order valence-corrected chi connectivity index (χ1v) is 11.5. The molecule has 4 rings (SSSR count). The van der Waals surface area contributed by atoms with Crippen LogP contribution in [0.4, 0.5) is 13.2 Å². The number of piperazine rings is 1. The molecule has 0 aliphatic carbocycles. The number of fused-ring (bicyclic) bond motifs is 1. The predicted molar refractivity (Wildman–Crippen MR) is 114 cm³/mol. The Kier molecular flexibility index (Phi) is 6.02. The molecule has 2 aromatic carbocycles. The van der Waals surface area contributed by atoms with Crippen LogP contribution in [0.3, 0.4) is 0 Å². The summed E-state index contributed by atoms with van der Waals surface area (Å²) in [6, 6.07) is 12.6. The van der Waals surface area contributed by atoms with Crippen molar-refractivity contribution in [1.82, 2.24) is 14.2 Å². The minimum absolute atomic E-state index is 0.0563. The maximum atomic E-state index is 13.1. The van der Waals surface area contributed by atoms with Gasteiger partial charge in [0.15, 0.2) is 0 Å². The molecule has 33 heavy (non-hydrogen) atoms. The van der Waals surface area contributed by atoms with Crippen molar-refractivity contribution in [2.24, 2.45) is 0 Å². The van der Waals surface area contributed by atoms with Gasteiger partial charge >= 0.3 is 6.36 Å². The zero-order valence-corrected chi connectivity index (χ0v) is 18.3. The molecule has 1 unspecified atom stereocenters. The third-order valence-electron chi connectivity index (χ3n) is 5.40. The Hall–Kier alpha value is -3.18. The fourth-order valence-corrected chi connectivity index (χ4v) is 5.28. The highest BCUT2D eigenvalue weighted by Gasteiger charge is 2.35. The molecule has 1 amide bonds. The fraction of sp³-hybridized carbons (Fsp3) is 0.273. The maximum absolute atomic E-state index is 13.1. The third kappa shape index (κ3) is 4.93. The van der Waals surface area contributed by atoms with E-state index >= 15 is 0 Å². The highest BCUT2D eigenvalue weighted by Crippen LogP contribution is 2.26. The molecule has 2 heterocycles. The van der Waals surface area contributed by atoms with Crippen LogP contribution in [0, 0.1) is 0 Å². The van der Waals surface area contributed by atoms with Crippen LogP contribution in [-0.4, -0.2) is 60.6 Å². The van der Waals surface area contributed by atoms with E-state index in [0.29, 0.717) is 11.1 Å². The number of benzene rings is 2. The lowest BCUT2D eigenvalue weighted by molar-refractivity contribution is -0.274. The molecule has 174 valence electrons. The van der Waals surface area contributed by atoms with Crippen LogP contribution in [0.2, 0.25) is 0 Å². The van der Waals surface area contributed by atoms with Gasteiger partial charge in [-0.1, -0.05) is 12.1 Å². The molecule has 1 aliphatic rings. The molecule has 7 nitrogen and oxygen atoms in total. The Morgan fingerprint density at radius 1 is 1.09 bits per heavy atom. The highest BCUT2D eigenvalue weighted by atomic mass is 32.2. The van der Waals surface area contributed by atoms with Crippen molar-refractivity contribution in [1.29, 1.82) is 0 Å². The van der Waals surface area contributed by atoms with Crippen LogP contribution >= 0.6 is 0 Å². The zero-order valence-electron chi connectivity index (χ0n) is 17.5. The Morgan fingerprint density at radius 2 is 1.82 bits per heavy atom. The van der Waals surface area contributed by atoms with E-state index in [1.165, 1.54) is 4.31 Å². The second-order valence-electron chi connectivity index (χ2n) is 7.64. The number of sulfonamides is 1. The summed E-state index contributed by atoms with van der Waals surface area (Å²) in [5.74, 6) is -0.726. The lowest BCUT2D eigenvalue weighted by Gasteiger charge is -2.39. The number of halogens is 3. The molecule has 0 N–H and O–H groups in total. The van der Waals surface area contributed by atoms with Gasteiger partial charge in [-0.2, -0.15) is 4.31 Å². The molecule has 1 atom stereocenters. The third-order valence-corrected chi connectivity index (χ3v) is 7.28. The Morgan fingerprint density at radius 3 is 2.48 bits per heavy atom. The van der Waals surface area contributed by atoms with Crippen LogP contribution in [0.15, 0.2) is 65.7 Å². The van der Waals surface area contributed by atoms with E-state index in [4.69, 9.17) is 0 Å². The maximum Gasteiger partial charge on any atom is 0.573 e. The summed E-state index contributed by atoms with van der Waals surface area (Å²) in [6.45, 7) is 2.04. The number of amides is 1. The lowest BCUT2D eigenvalue weighted by Crippen LogP contribution is -2.55. The normalized spacial score (nSPS) is 17.8. The summed E-state index contributed by atoms with van der Waals surface area (Å²) in [7, 11) is -3.95. The molecular formula is C22H20F3N3O4S. The summed E-state index contributed by atoms with van der Waals surface area (Å²) in [5, 5.41) is 0.907. The van der Waals surface area contributed by atoms with Gasteiger partial charge in [0.1, 0.15) is 5.75 Å². The molecule has 1 saturated heterocycles. The molecule has 1 fully saturated rings. The van der Waals surface area contributed by atoms with E-state index in [1.54, 1.807) is 30.2 Å². The minimum atomic E-state index is -4.86. The van der Waals surface area contributed by atoms with Gasteiger partial charge in [0.2, 0.25) is 10.0 Å². The average Bonchev–Trinajstić information content (AvgIpc) is 2.77. The molecule has 1 aliphatic heterocycles. The minimum Gasteiger partial charge on any atom is -0.406 e. The number of ether oxygens (including phenoxy) is 1. The molecule has 11 heteroatoms. The van der Waals surface area contributed by atoms with Gasteiger partial charge in [-0.15, -0.1) is 13.2 Å². The summed E-state index contributed by atoms with van der Waals surface area (Å²) in [4.78, 5) is 18.8. The second-order valence-corrected chi connectivity index (χ2v) is 9.58. The summed E-state index contributed by atoms with van der Waals surface area (Å²) >= 11 is 0. The number of hydrogen-bond donors (Lipinski definition) is 0. The molecule has 0 bridgehead atoms. The number of alkyl halides is 3. The molecule has 0 saturated carbocycles. The van der Waals surface area contributed by atoms with Crippen LogP contribution in [0.1, 0.15) is 17.3 Å². The quantitative estimate of drug-likeness (QED) is 0.571. The number of carbonyl (C=O) groups is 1. The van der Waals surface area contributed by atoms with Gasteiger partial charge < -0.3 is 9.64 Å². The van der Waals surface area contributed by atoms with Crippen LogP contribution < -0.4 is 4.74 Å². The monoisotopic (exact) mass is 479 g/mol. The van der Waals surface area contributed by atoms with Crippen molar-refractivity contribution in [2.75, 3.05) is 19.6 Å². The molecule has 1 aromatic heterocycles. The van der Waals surface area contributed by atoms with Crippen molar-refractivity contribution >= 4 is 26.8 Å². The van der Waals surface area contributed by atoms with Gasteiger partial charge in [0.05, 0.1) is 10.4 Å². The van der Waals surface area contributed by atoms with E-state index in [9.17, 15) is 26.4 Å². The average molecular weight is 479 g/mol. The van der Waals surface area contributed by atoms with Gasteiger partial charge in [0.25, 0.3) is 5.91 Å². The summed E-state index contributed by atoms with van der Waals surface area (Å²) < 4.78 is 67.9.